The molecule has 7 fully saturated rings. The van der Waals surface area contributed by atoms with E-state index in [0.717, 1.165) is 65.3 Å². The van der Waals surface area contributed by atoms with Gasteiger partial charge in [0, 0.05) is 82.1 Å². The fourth-order valence-electron chi connectivity index (χ4n) is 10.2. The van der Waals surface area contributed by atoms with Gasteiger partial charge in [-0.3, -0.25) is 25.6 Å². The van der Waals surface area contributed by atoms with Crippen molar-refractivity contribution in [1.29, 1.82) is 0 Å². The number of nitrogens with one attached hydrogen (secondary N) is 2. The zero-order valence-electron chi connectivity index (χ0n) is 47.2. The lowest BCUT2D eigenvalue weighted by molar-refractivity contribution is -0.120. The summed E-state index contributed by atoms with van der Waals surface area (Å²) in [5.74, 6) is 21.5. The molecule has 0 atom stereocenters. The summed E-state index contributed by atoms with van der Waals surface area (Å²) in [6.07, 6.45) is 10.3. The Hall–Kier alpha value is -5.31. The fraction of sp³-hybridized carbons (Fsp3) is 0.552. The smallest absolute Gasteiger partial charge is 0.376 e. The van der Waals surface area contributed by atoms with Gasteiger partial charge in [0.25, 0.3) is 0 Å². The molecular weight excluding hydrogens is 1100 g/mol. The second-order valence-electron chi connectivity index (χ2n) is 20.2. The van der Waals surface area contributed by atoms with Gasteiger partial charge in [-0.25, -0.2) is 22.8 Å². The van der Waals surface area contributed by atoms with Crippen molar-refractivity contribution in [2.45, 2.75) is 128 Å². The molecule has 9 rings (SSSR count). The summed E-state index contributed by atoms with van der Waals surface area (Å²) >= 11 is 0. The Kier molecular flexibility index (Phi) is 29.5. The van der Waals surface area contributed by atoms with E-state index in [1.165, 1.54) is 58.9 Å². The number of carbonyl (C=O) groups excluding carboxylic acids is 3. The van der Waals surface area contributed by atoms with Crippen LogP contribution in [0.25, 0.3) is 0 Å². The van der Waals surface area contributed by atoms with Crippen LogP contribution in [0.15, 0.2) is 58.3 Å². The van der Waals surface area contributed by atoms with Crippen molar-refractivity contribution in [2.75, 3.05) is 91.8 Å². The van der Waals surface area contributed by atoms with Gasteiger partial charge in [0.05, 0.1) is 29.6 Å². The van der Waals surface area contributed by atoms with E-state index in [-0.39, 0.29) is 49.0 Å². The number of ketones is 3. The zero-order valence-corrected chi connectivity index (χ0v) is 48.8. The number of nitrogens with zero attached hydrogens (tertiary/aromatic N) is 5. The van der Waals surface area contributed by atoms with Gasteiger partial charge >= 0.3 is 21.2 Å². The van der Waals surface area contributed by atoms with Crippen molar-refractivity contribution in [3.8, 4) is 59.7 Å². The maximum atomic E-state index is 13.1. The summed E-state index contributed by atoms with van der Waals surface area (Å²) in [7, 11) is -8.60. The highest BCUT2D eigenvalue weighted by atomic mass is 32.2. The first-order chi connectivity index (χ1) is 38.5. The molecule has 0 bridgehead atoms. The number of Topliss-reactive ketones (excluding diaryl/α,β-unsaturated/α-hetero) is 3. The average molecular weight is 1180 g/mol. The summed E-state index contributed by atoms with van der Waals surface area (Å²) in [4.78, 5) is 39.7. The van der Waals surface area contributed by atoms with Crippen LogP contribution in [0.4, 0.5) is 0 Å². The van der Waals surface area contributed by atoms with Gasteiger partial charge in [-0.05, 0) is 146 Å². The molecule has 0 amide bonds. The predicted molar refractivity (Wildman–Crippen MR) is 325 cm³/mol. The molecule has 0 radical (unpaired) electrons. The van der Waals surface area contributed by atoms with Crippen LogP contribution in [0, 0.1) is 66.6 Å². The number of carbonyl (C=O) groups is 3. The topological polar surface area (TPSA) is 248 Å². The van der Waals surface area contributed by atoms with Crippen LogP contribution in [0.1, 0.15) is 101 Å². The van der Waals surface area contributed by atoms with E-state index in [1.807, 2.05) is 16.4 Å². The van der Waals surface area contributed by atoms with Crippen molar-refractivity contribution in [1.82, 2.24) is 33.7 Å². The molecule has 83 heavy (non-hydrogen) atoms. The predicted octanol–water partition coefficient (Wildman–Crippen LogP) is 2.81. The second kappa shape index (κ2) is 34.0. The molecule has 2 aromatic carbocycles. The van der Waals surface area contributed by atoms with E-state index < -0.39 is 45.6 Å². The number of hydrogen-bond donors (Lipinski definition) is 5. The standard InChI is InChI=1S/C16H23BN2O5S.C15H20N2O4S.C11H3.C8H17BN2O2.C6H12BNO2.2CH4/c1-13(20)14-3-5-15(6-4-14)25(22,23)19-11-12-24-16(19)7-9-18(10-8-16)17(2)21;1-12(18)13-2-4-14(5-3-13)22(19,20)17-10-11-21-15(17)6-8-16-9-7-15;1-3-5-7-9-11-10-8-6-4-2;1-9(12)11-5-2-8(3-6-11)10-4-7-13-8;1-7(10)8-4-2-6(9)3-5-8;;/h3-6,21H,7-12H2,1-2H3;2-5,16H,6-11H2,1H3;1H,2H2;10,12H,2-7H2,1H3;10H,2-5H2,1H3;2*1H4/q;;-1;;;;. The molecule has 0 saturated carbocycles. The molecule has 2 aromatic rings. The van der Waals surface area contributed by atoms with E-state index >= 15 is 0 Å². The number of terminal acetylenes is 1. The van der Waals surface area contributed by atoms with E-state index in [9.17, 15) is 41.3 Å². The van der Waals surface area contributed by atoms with Crippen molar-refractivity contribution in [3.63, 3.8) is 0 Å². The monoisotopic (exact) mass is 1180 g/mol. The van der Waals surface area contributed by atoms with Gasteiger partial charge < -0.3 is 49.0 Å². The highest BCUT2D eigenvalue weighted by Crippen LogP contribution is 2.39. The summed E-state index contributed by atoms with van der Waals surface area (Å²) in [5, 5.41) is 34.8. The zero-order chi connectivity index (χ0) is 59.3. The molecule has 20 nitrogen and oxygen atoms in total. The van der Waals surface area contributed by atoms with Crippen molar-refractivity contribution < 1.29 is 60.5 Å². The van der Waals surface area contributed by atoms with Crippen molar-refractivity contribution >= 4 is 58.5 Å². The van der Waals surface area contributed by atoms with Crippen LogP contribution in [0.5, 0.6) is 0 Å². The Morgan fingerprint density at radius 2 is 0.952 bits per heavy atom. The first-order valence-electron chi connectivity index (χ1n) is 27.2. The molecule has 0 aliphatic carbocycles. The maximum Gasteiger partial charge on any atom is 0.376 e. The Labute approximate surface area is 496 Å². The van der Waals surface area contributed by atoms with Crippen molar-refractivity contribution in [3.05, 3.63) is 66.6 Å². The molecule has 0 unspecified atom stereocenters. The average Bonchev–Trinajstić information content (AvgIpc) is 3.69. The molecule has 3 spiro atoms. The Morgan fingerprint density at radius 3 is 1.33 bits per heavy atom. The summed E-state index contributed by atoms with van der Waals surface area (Å²) < 4.78 is 72.4. The lowest BCUT2D eigenvalue weighted by Gasteiger charge is -2.43. The fourth-order valence-corrected chi connectivity index (χ4v) is 13.7. The first-order valence-corrected chi connectivity index (χ1v) is 30.1. The van der Waals surface area contributed by atoms with Gasteiger partial charge in [-0.1, -0.05) is 39.1 Å². The minimum Gasteiger partial charge on any atom is -0.437 e. The molecule has 7 heterocycles. The summed E-state index contributed by atoms with van der Waals surface area (Å²) in [6.45, 7) is 20.6. The van der Waals surface area contributed by atoms with Crippen LogP contribution in [0.3, 0.4) is 0 Å². The van der Waals surface area contributed by atoms with Gasteiger partial charge in [0.15, 0.2) is 11.6 Å². The number of benzene rings is 2. The lowest BCUT2D eigenvalue weighted by Crippen LogP contribution is -2.56. The normalized spacial score (nSPS) is 19.8. The van der Waals surface area contributed by atoms with Gasteiger partial charge in [-0.2, -0.15) is 15.5 Å². The third kappa shape index (κ3) is 20.2. The van der Waals surface area contributed by atoms with Crippen LogP contribution in [0.2, 0.25) is 20.5 Å². The highest BCUT2D eigenvalue weighted by Gasteiger charge is 2.52. The molecule has 450 valence electrons. The number of ether oxygens (including phenoxy) is 3. The second-order valence-corrected chi connectivity index (χ2v) is 23.9. The van der Waals surface area contributed by atoms with Crippen molar-refractivity contribution in [2.24, 2.45) is 0 Å². The number of hydrogen-bond acceptors (Lipinski definition) is 18. The Bertz CT molecular complexity index is 2970. The SMILES string of the molecule is C.C.C#CC#CC#CC#CC#C[CH2-].CB(O)N1CCC(=O)CC1.CB(O)N1CCC2(CC1)NCCO2.CB(O)N1CCC2(CC1)OCCN2S(=O)(=O)c1ccc(C(C)=O)cc1.CC(=O)c1ccc(S(=O)(=O)N2CCOC23CCNCC3)cc1. The number of rotatable bonds is 9. The van der Waals surface area contributed by atoms with Gasteiger partial charge in [0.1, 0.15) is 23.0 Å². The van der Waals surface area contributed by atoms with Crippen LogP contribution >= 0.6 is 0 Å². The number of piperidine rings is 4. The quantitative estimate of drug-likeness (QED) is 0.105. The summed E-state index contributed by atoms with van der Waals surface area (Å²) in [5.41, 5.74) is -0.636. The van der Waals surface area contributed by atoms with E-state index in [0.29, 0.717) is 94.8 Å². The molecule has 7 aliphatic heterocycles. The molecule has 0 aromatic heterocycles. The van der Waals surface area contributed by atoms with Crippen LogP contribution in [-0.4, -0.2) is 202 Å². The molecule has 25 heteroatoms. The molecular formula is C58H83B3N7O13S2-. The molecule has 5 N–H and O–H groups in total. The van der Waals surface area contributed by atoms with Gasteiger partial charge in [0.2, 0.25) is 20.0 Å². The van der Waals surface area contributed by atoms with Crippen LogP contribution in [-0.2, 0) is 39.1 Å². The Morgan fingerprint density at radius 1 is 0.566 bits per heavy atom. The first kappa shape index (κ1) is 72.0. The van der Waals surface area contributed by atoms with Gasteiger partial charge in [-0.15, -0.1) is 12.3 Å². The maximum absolute atomic E-state index is 13.1. The largest absolute Gasteiger partial charge is 0.437 e. The van der Waals surface area contributed by atoms with E-state index in [4.69, 9.17) is 25.7 Å². The summed E-state index contributed by atoms with van der Waals surface area (Å²) in [6, 6.07) is 12.1. The minimum atomic E-state index is -3.71. The highest BCUT2D eigenvalue weighted by molar-refractivity contribution is 7.89. The van der Waals surface area contributed by atoms with E-state index in [2.05, 4.69) is 75.7 Å². The molecule has 7 saturated heterocycles. The minimum absolute atomic E-state index is 0. The number of sulfonamides is 2. The third-order valence-corrected chi connectivity index (χ3v) is 18.8. The third-order valence-electron chi connectivity index (χ3n) is 14.9. The van der Waals surface area contributed by atoms with Crippen LogP contribution < -0.4 is 10.6 Å². The lowest BCUT2D eigenvalue weighted by atomic mass is 9.81. The van der Waals surface area contributed by atoms with E-state index in [1.54, 1.807) is 25.8 Å². The Balaban J connectivity index is 0.000000284. The molecule has 7 aliphatic rings.